The summed E-state index contributed by atoms with van der Waals surface area (Å²) < 4.78 is 5.46. The third kappa shape index (κ3) is 6.21. The van der Waals surface area contributed by atoms with Crippen molar-refractivity contribution in [3.8, 4) is 5.75 Å². The third-order valence-electron chi connectivity index (χ3n) is 6.34. The molecule has 1 saturated heterocycles. The number of hydrogen-bond donors (Lipinski definition) is 2. The highest BCUT2D eigenvalue weighted by molar-refractivity contribution is 5.68. The Labute approximate surface area is 169 Å². The number of ether oxygens (including phenoxy) is 1. The number of carboxylic acids is 1. The van der Waals surface area contributed by atoms with Crippen molar-refractivity contribution in [3.05, 3.63) is 29.3 Å². The van der Waals surface area contributed by atoms with Crippen molar-refractivity contribution in [2.24, 2.45) is 11.8 Å². The van der Waals surface area contributed by atoms with Gasteiger partial charge >= 0.3 is 5.97 Å². The minimum absolute atomic E-state index is 0.0285. The Bertz CT molecular complexity index is 645. The van der Waals surface area contributed by atoms with E-state index in [4.69, 9.17) is 9.84 Å². The summed E-state index contributed by atoms with van der Waals surface area (Å²) in [5.74, 6) is 1.77. The molecule has 1 heterocycles. The van der Waals surface area contributed by atoms with E-state index in [0.717, 1.165) is 43.4 Å². The average molecular weight is 389 g/mol. The Morgan fingerprint density at radius 3 is 2.82 bits per heavy atom. The van der Waals surface area contributed by atoms with E-state index < -0.39 is 5.97 Å². The quantitative estimate of drug-likeness (QED) is 0.569. The first-order valence-electron chi connectivity index (χ1n) is 10.9. The molecule has 0 amide bonds. The smallest absolute Gasteiger partial charge is 0.317 e. The van der Waals surface area contributed by atoms with Crippen molar-refractivity contribution < 1.29 is 14.6 Å². The Morgan fingerprint density at radius 2 is 2.11 bits per heavy atom. The molecule has 5 nitrogen and oxygen atoms in total. The Morgan fingerprint density at radius 1 is 1.29 bits per heavy atom. The summed E-state index contributed by atoms with van der Waals surface area (Å²) in [4.78, 5) is 13.4. The normalized spacial score (nSPS) is 22.9. The molecule has 28 heavy (non-hydrogen) atoms. The van der Waals surface area contributed by atoms with E-state index in [1.165, 1.54) is 49.9 Å². The van der Waals surface area contributed by atoms with Gasteiger partial charge in [-0.25, -0.2) is 0 Å². The third-order valence-corrected chi connectivity index (χ3v) is 6.34. The first-order chi connectivity index (χ1) is 13.6. The molecule has 1 saturated carbocycles. The number of hydrogen-bond acceptors (Lipinski definition) is 4. The molecule has 2 aliphatic rings. The molecule has 1 aliphatic heterocycles. The van der Waals surface area contributed by atoms with Gasteiger partial charge in [0.1, 0.15) is 5.75 Å². The van der Waals surface area contributed by atoms with E-state index in [-0.39, 0.29) is 6.54 Å². The van der Waals surface area contributed by atoms with Crippen LogP contribution < -0.4 is 10.1 Å². The number of methoxy groups -OCH3 is 1. The lowest BCUT2D eigenvalue weighted by molar-refractivity contribution is -0.135. The largest absolute Gasteiger partial charge is 0.497 e. The first kappa shape index (κ1) is 21.1. The molecule has 2 atom stereocenters. The lowest BCUT2D eigenvalue weighted by atomic mass is 9.85. The maximum atomic E-state index is 10.7. The van der Waals surface area contributed by atoms with E-state index >= 15 is 0 Å². The van der Waals surface area contributed by atoms with E-state index in [1.54, 1.807) is 7.11 Å². The van der Waals surface area contributed by atoms with Gasteiger partial charge in [0.05, 0.1) is 13.7 Å². The lowest BCUT2D eigenvalue weighted by Crippen LogP contribution is -2.46. The second-order valence-corrected chi connectivity index (χ2v) is 8.64. The molecule has 0 spiro atoms. The van der Waals surface area contributed by atoms with Crippen LogP contribution >= 0.6 is 0 Å². The predicted octanol–water partition coefficient (Wildman–Crippen LogP) is 3.36. The van der Waals surface area contributed by atoms with E-state index in [0.29, 0.717) is 6.04 Å². The van der Waals surface area contributed by atoms with Crippen molar-refractivity contribution in [2.75, 3.05) is 33.3 Å². The van der Waals surface area contributed by atoms with Gasteiger partial charge < -0.3 is 15.2 Å². The number of aliphatic carboxylic acids is 1. The molecule has 3 rings (SSSR count). The van der Waals surface area contributed by atoms with Crippen molar-refractivity contribution in [2.45, 2.75) is 57.9 Å². The van der Waals surface area contributed by atoms with Gasteiger partial charge in [-0.3, -0.25) is 9.69 Å². The summed E-state index contributed by atoms with van der Waals surface area (Å²) in [5.41, 5.74) is 2.78. The van der Waals surface area contributed by atoms with Gasteiger partial charge in [-0.05, 0) is 93.1 Å². The van der Waals surface area contributed by atoms with Crippen LogP contribution in [0.15, 0.2) is 18.2 Å². The molecule has 2 fully saturated rings. The average Bonchev–Trinajstić information content (AvgIpc) is 3.49. The van der Waals surface area contributed by atoms with Crippen LogP contribution in [0.2, 0.25) is 0 Å². The lowest BCUT2D eigenvalue weighted by Gasteiger charge is -2.40. The highest BCUT2D eigenvalue weighted by Gasteiger charge is 2.33. The van der Waals surface area contributed by atoms with Crippen molar-refractivity contribution in [1.29, 1.82) is 0 Å². The number of rotatable bonds is 11. The minimum atomic E-state index is -0.802. The van der Waals surface area contributed by atoms with Crippen LogP contribution in [0.5, 0.6) is 5.75 Å². The van der Waals surface area contributed by atoms with Crippen LogP contribution in [0.25, 0.3) is 0 Å². The van der Waals surface area contributed by atoms with Crippen LogP contribution in [0.4, 0.5) is 0 Å². The van der Waals surface area contributed by atoms with Crippen molar-refractivity contribution in [1.82, 2.24) is 10.2 Å². The van der Waals surface area contributed by atoms with Crippen LogP contribution in [0.3, 0.4) is 0 Å². The van der Waals surface area contributed by atoms with E-state index in [1.807, 2.05) is 0 Å². The van der Waals surface area contributed by atoms with Gasteiger partial charge in [0, 0.05) is 12.6 Å². The number of nitrogens with one attached hydrogen (secondary N) is 1. The standard InChI is InChI=1S/C23H36N2O3/c1-17-5-4-12-25(16-18-7-8-18)22(17)14-20-9-10-21(28-2)13-19(20)6-3-11-24-15-23(26)27/h9-10,13,17-18,22,24H,3-8,11-12,14-16H2,1-2H3,(H,26,27)/t17-,22-/m1/s1. The molecule has 0 unspecified atom stereocenters. The van der Waals surface area contributed by atoms with Gasteiger partial charge in [-0.15, -0.1) is 0 Å². The molecule has 1 aromatic carbocycles. The fourth-order valence-electron chi connectivity index (χ4n) is 4.51. The van der Waals surface area contributed by atoms with Crippen LogP contribution in [-0.4, -0.2) is 55.3 Å². The number of piperidine rings is 1. The molecule has 0 aromatic heterocycles. The molecule has 1 aliphatic carbocycles. The van der Waals surface area contributed by atoms with Crippen LogP contribution in [-0.2, 0) is 17.6 Å². The fraction of sp³-hybridized carbons (Fsp3) is 0.696. The molecule has 2 N–H and O–H groups in total. The highest BCUT2D eigenvalue weighted by atomic mass is 16.5. The maximum absolute atomic E-state index is 10.7. The number of carboxylic acid groups (broad SMARTS) is 1. The predicted molar refractivity (Wildman–Crippen MR) is 112 cm³/mol. The number of likely N-dealkylation sites (tertiary alicyclic amines) is 1. The number of carbonyl (C=O) groups is 1. The Hall–Kier alpha value is -1.59. The second-order valence-electron chi connectivity index (χ2n) is 8.64. The van der Waals surface area contributed by atoms with Gasteiger partial charge in [-0.1, -0.05) is 13.0 Å². The van der Waals surface area contributed by atoms with Crippen molar-refractivity contribution >= 4 is 5.97 Å². The second kappa shape index (κ2) is 10.3. The van der Waals surface area contributed by atoms with E-state index in [9.17, 15) is 4.79 Å². The zero-order chi connectivity index (χ0) is 19.9. The summed E-state index contributed by atoms with van der Waals surface area (Å²) in [6.45, 7) is 5.69. The molecule has 0 radical (unpaired) electrons. The molecular formula is C23H36N2O3. The maximum Gasteiger partial charge on any atom is 0.317 e. The van der Waals surface area contributed by atoms with Gasteiger partial charge in [0.2, 0.25) is 0 Å². The SMILES string of the molecule is COc1ccc(C[C@@H]2[C@H](C)CCCN2CC2CC2)c(CCCNCC(=O)O)c1. The molecule has 5 heteroatoms. The molecule has 0 bridgehead atoms. The van der Waals surface area contributed by atoms with Crippen LogP contribution in [0.1, 0.15) is 50.2 Å². The topological polar surface area (TPSA) is 61.8 Å². The minimum Gasteiger partial charge on any atom is -0.497 e. The summed E-state index contributed by atoms with van der Waals surface area (Å²) in [5, 5.41) is 11.7. The van der Waals surface area contributed by atoms with Gasteiger partial charge in [0.15, 0.2) is 0 Å². The molecule has 156 valence electrons. The number of aryl methyl sites for hydroxylation is 1. The summed E-state index contributed by atoms with van der Waals surface area (Å²) in [7, 11) is 1.72. The summed E-state index contributed by atoms with van der Waals surface area (Å²) >= 11 is 0. The fourth-order valence-corrected chi connectivity index (χ4v) is 4.51. The van der Waals surface area contributed by atoms with Crippen molar-refractivity contribution in [3.63, 3.8) is 0 Å². The van der Waals surface area contributed by atoms with Crippen LogP contribution in [0, 0.1) is 11.8 Å². The number of benzene rings is 1. The number of nitrogens with zero attached hydrogens (tertiary/aromatic N) is 1. The van der Waals surface area contributed by atoms with E-state index in [2.05, 4.69) is 35.3 Å². The Kier molecular flexibility index (Phi) is 7.74. The zero-order valence-corrected chi connectivity index (χ0v) is 17.5. The Balaban J connectivity index is 1.65. The van der Waals surface area contributed by atoms with Gasteiger partial charge in [-0.2, -0.15) is 0 Å². The monoisotopic (exact) mass is 388 g/mol. The molecular weight excluding hydrogens is 352 g/mol. The first-order valence-corrected chi connectivity index (χ1v) is 10.9. The molecule has 1 aromatic rings. The summed E-state index contributed by atoms with van der Waals surface area (Å²) in [6, 6.07) is 7.13. The van der Waals surface area contributed by atoms with Gasteiger partial charge in [0.25, 0.3) is 0 Å². The summed E-state index contributed by atoms with van der Waals surface area (Å²) in [6.07, 6.45) is 8.47. The highest BCUT2D eigenvalue weighted by Crippen LogP contribution is 2.34. The zero-order valence-electron chi connectivity index (χ0n) is 17.5.